The van der Waals surface area contributed by atoms with Gasteiger partial charge in [-0.3, -0.25) is 9.59 Å². The first-order valence-corrected chi connectivity index (χ1v) is 13.3. The monoisotopic (exact) mass is 495 g/mol. The number of nitrogens with zero attached hydrogens (tertiary/aromatic N) is 1. The second-order valence-electron chi connectivity index (χ2n) is 9.32. The number of ketones is 1. The normalized spacial score (nSPS) is 19.6. The molecule has 0 radical (unpaired) electrons. The molecule has 3 aromatic rings. The first-order valence-electron chi connectivity index (χ1n) is 12.1. The number of aryl methyl sites for hydroxylation is 1. The van der Waals surface area contributed by atoms with Crippen molar-refractivity contribution in [2.24, 2.45) is 0 Å². The van der Waals surface area contributed by atoms with E-state index in [4.69, 9.17) is 0 Å². The van der Waals surface area contributed by atoms with Gasteiger partial charge in [0.2, 0.25) is 0 Å². The minimum absolute atomic E-state index is 0.0864. The van der Waals surface area contributed by atoms with Gasteiger partial charge in [0.15, 0.2) is 5.78 Å². The molecule has 36 heavy (non-hydrogen) atoms. The average Bonchev–Trinajstić information content (AvgIpc) is 2.89. The third kappa shape index (κ3) is 4.61. The molecule has 2 atom stereocenters. The molecule has 1 aromatic heterocycles. The van der Waals surface area contributed by atoms with Crippen molar-refractivity contribution in [2.45, 2.75) is 43.4 Å². The molecule has 2 heterocycles. The minimum atomic E-state index is -0.439. The highest BCUT2D eigenvalue weighted by Gasteiger charge is 2.41. The van der Waals surface area contributed by atoms with Gasteiger partial charge in [0.25, 0.3) is 5.91 Å². The summed E-state index contributed by atoms with van der Waals surface area (Å²) in [4.78, 5) is 32.9. The summed E-state index contributed by atoms with van der Waals surface area (Å²) >= 11 is 1.67. The lowest BCUT2D eigenvalue weighted by Gasteiger charge is -2.37. The van der Waals surface area contributed by atoms with Gasteiger partial charge < -0.3 is 10.6 Å². The number of carbonyl (C=O) groups excluding carboxylic acids is 2. The van der Waals surface area contributed by atoms with Crippen molar-refractivity contribution in [3.63, 3.8) is 0 Å². The Morgan fingerprint density at radius 1 is 0.972 bits per heavy atom. The van der Waals surface area contributed by atoms with E-state index in [1.165, 1.54) is 0 Å². The number of hydrogen-bond acceptors (Lipinski definition) is 5. The van der Waals surface area contributed by atoms with Crippen molar-refractivity contribution < 1.29 is 9.59 Å². The first kappa shape index (κ1) is 24.1. The molecular weight excluding hydrogens is 466 g/mol. The highest BCUT2D eigenvalue weighted by molar-refractivity contribution is 7.98. The van der Waals surface area contributed by atoms with Crippen LogP contribution >= 0.6 is 11.8 Å². The molecule has 2 aromatic carbocycles. The van der Waals surface area contributed by atoms with Crippen molar-refractivity contribution in [2.75, 3.05) is 11.6 Å². The number of nitrogens with one attached hydrogen (secondary N) is 2. The van der Waals surface area contributed by atoms with Crippen molar-refractivity contribution in [1.29, 1.82) is 0 Å². The number of carbonyl (C=O) groups is 2. The van der Waals surface area contributed by atoms with E-state index in [0.717, 1.165) is 39.4 Å². The van der Waals surface area contributed by atoms with Gasteiger partial charge in [-0.05, 0) is 67.3 Å². The Hall–Kier alpha value is -3.64. The highest BCUT2D eigenvalue weighted by atomic mass is 32.2. The molecule has 0 saturated carbocycles. The standard InChI is InChI=1S/C30H29N3O2S/c1-18-8-7-15-31-29(18)33-30(35)26-19(2)32-24-16-22(20-9-5-4-6-10-20)17-25(34)28(24)27(26)21-11-13-23(36-3)14-12-21/h4-15,22,27,32H,16-17H2,1-3H3,(H,31,33,35)/t22-,27-/m0/s1. The number of aromatic nitrogens is 1. The van der Waals surface area contributed by atoms with Gasteiger partial charge in [0.1, 0.15) is 5.82 Å². The van der Waals surface area contributed by atoms with Gasteiger partial charge in [0, 0.05) is 46.0 Å². The molecule has 0 unspecified atom stereocenters. The smallest absolute Gasteiger partial charge is 0.255 e. The number of rotatable bonds is 5. The maximum absolute atomic E-state index is 13.7. The van der Waals surface area contributed by atoms with Crippen LogP contribution in [0.3, 0.4) is 0 Å². The summed E-state index contributed by atoms with van der Waals surface area (Å²) in [6, 6.07) is 22.1. The molecule has 6 heteroatoms. The van der Waals surface area contributed by atoms with Gasteiger partial charge in [0.05, 0.1) is 0 Å². The molecule has 1 aliphatic carbocycles. The number of hydrogen-bond donors (Lipinski definition) is 2. The van der Waals surface area contributed by atoms with Gasteiger partial charge >= 0.3 is 0 Å². The maximum Gasteiger partial charge on any atom is 0.255 e. The molecule has 2 N–H and O–H groups in total. The van der Waals surface area contributed by atoms with E-state index in [1.54, 1.807) is 18.0 Å². The fraction of sp³-hybridized carbons (Fsp3) is 0.233. The maximum atomic E-state index is 13.7. The summed E-state index contributed by atoms with van der Waals surface area (Å²) in [5, 5.41) is 6.45. The largest absolute Gasteiger partial charge is 0.362 e. The molecule has 1 aliphatic heterocycles. The quantitative estimate of drug-likeness (QED) is 0.418. The molecule has 5 rings (SSSR count). The van der Waals surface area contributed by atoms with Crippen molar-refractivity contribution in [3.8, 4) is 0 Å². The summed E-state index contributed by atoms with van der Waals surface area (Å²) < 4.78 is 0. The van der Waals surface area contributed by atoms with Crippen LogP contribution in [0.15, 0.2) is 100 Å². The topological polar surface area (TPSA) is 71.1 Å². The van der Waals surface area contributed by atoms with Crippen LogP contribution in [0.5, 0.6) is 0 Å². The van der Waals surface area contributed by atoms with Crippen molar-refractivity contribution in [1.82, 2.24) is 10.3 Å². The Morgan fingerprint density at radius 2 is 1.72 bits per heavy atom. The fourth-order valence-electron chi connectivity index (χ4n) is 5.22. The number of amides is 1. The van der Waals surface area contributed by atoms with Gasteiger partial charge in [-0.15, -0.1) is 11.8 Å². The van der Waals surface area contributed by atoms with Crippen LogP contribution in [0.1, 0.15) is 48.3 Å². The second-order valence-corrected chi connectivity index (χ2v) is 10.2. The van der Waals surface area contributed by atoms with Gasteiger partial charge in [-0.1, -0.05) is 48.5 Å². The lowest BCUT2D eigenvalue weighted by atomic mass is 9.71. The van der Waals surface area contributed by atoms with E-state index in [0.29, 0.717) is 23.4 Å². The lowest BCUT2D eigenvalue weighted by Crippen LogP contribution is -2.37. The van der Waals surface area contributed by atoms with Gasteiger partial charge in [-0.25, -0.2) is 4.98 Å². The molecule has 5 nitrogen and oxygen atoms in total. The molecule has 0 fully saturated rings. The zero-order valence-electron chi connectivity index (χ0n) is 20.7. The summed E-state index contributed by atoms with van der Waals surface area (Å²) in [7, 11) is 0. The van der Waals surface area contributed by atoms with Crippen LogP contribution < -0.4 is 10.6 Å². The zero-order valence-corrected chi connectivity index (χ0v) is 21.5. The SMILES string of the molecule is CSc1ccc([C@H]2C(C(=O)Nc3ncccc3C)=C(C)NC3=C2C(=O)C[C@@H](c2ccccc2)C3)cc1. The van der Waals surface area contributed by atoms with Crippen LogP contribution in [0.25, 0.3) is 0 Å². The van der Waals surface area contributed by atoms with E-state index in [9.17, 15) is 9.59 Å². The third-order valence-electron chi connectivity index (χ3n) is 7.03. The third-order valence-corrected chi connectivity index (χ3v) is 7.78. The number of pyridine rings is 1. The van der Waals surface area contributed by atoms with Crippen LogP contribution in [-0.4, -0.2) is 22.9 Å². The number of anilines is 1. The molecule has 1 amide bonds. The predicted octanol–water partition coefficient (Wildman–Crippen LogP) is 6.11. The lowest BCUT2D eigenvalue weighted by molar-refractivity contribution is -0.116. The molecule has 0 saturated heterocycles. The highest BCUT2D eigenvalue weighted by Crippen LogP contribution is 2.45. The van der Waals surface area contributed by atoms with Crippen molar-refractivity contribution >= 4 is 29.3 Å². The fourth-order valence-corrected chi connectivity index (χ4v) is 5.63. The van der Waals surface area contributed by atoms with E-state index >= 15 is 0 Å². The Kier molecular flexibility index (Phi) is 6.79. The minimum Gasteiger partial charge on any atom is -0.362 e. The van der Waals surface area contributed by atoms with E-state index < -0.39 is 5.92 Å². The molecular formula is C30H29N3O2S. The van der Waals surface area contributed by atoms with Gasteiger partial charge in [-0.2, -0.15) is 0 Å². The molecule has 182 valence electrons. The number of thioether (sulfide) groups is 1. The van der Waals surface area contributed by atoms with Crippen LogP contribution in [0.4, 0.5) is 5.82 Å². The van der Waals surface area contributed by atoms with E-state index in [2.05, 4.69) is 39.9 Å². The zero-order chi connectivity index (χ0) is 25.2. The van der Waals surface area contributed by atoms with E-state index in [1.807, 2.05) is 62.6 Å². The summed E-state index contributed by atoms with van der Waals surface area (Å²) in [6.45, 7) is 3.83. The molecule has 0 bridgehead atoms. The number of dihydropyridines is 1. The number of Topliss-reactive ketones (excluding diaryl/α,β-unsaturated/α-hetero) is 1. The first-order chi connectivity index (χ1) is 17.5. The number of allylic oxidation sites excluding steroid dienone is 3. The second kappa shape index (κ2) is 10.2. The summed E-state index contributed by atoms with van der Waals surface area (Å²) in [6.07, 6.45) is 4.86. The Morgan fingerprint density at radius 3 is 2.42 bits per heavy atom. The van der Waals surface area contributed by atoms with Crippen molar-refractivity contribution in [3.05, 3.63) is 112 Å². The molecule has 2 aliphatic rings. The van der Waals surface area contributed by atoms with Crippen LogP contribution in [0.2, 0.25) is 0 Å². The van der Waals surface area contributed by atoms with E-state index in [-0.39, 0.29) is 17.6 Å². The Labute approximate surface area is 216 Å². The van der Waals surface area contributed by atoms with Crippen LogP contribution in [-0.2, 0) is 9.59 Å². The number of benzene rings is 2. The van der Waals surface area contributed by atoms with Crippen LogP contribution in [0, 0.1) is 6.92 Å². The summed E-state index contributed by atoms with van der Waals surface area (Å²) in [5.74, 6) is 0.0426. The molecule has 0 spiro atoms. The summed E-state index contributed by atoms with van der Waals surface area (Å²) in [5.41, 5.74) is 5.93. The Bertz CT molecular complexity index is 1380. The predicted molar refractivity (Wildman–Crippen MR) is 145 cm³/mol. The average molecular weight is 496 g/mol. The Balaban J connectivity index is 1.57.